The Bertz CT molecular complexity index is 392. The van der Waals surface area contributed by atoms with Gasteiger partial charge in [-0.15, -0.1) is 0 Å². The lowest BCUT2D eigenvalue weighted by atomic mass is 10.1. The SMILES string of the molecule is COc1cc([C@H](N)C(F)(F)F)c(F)cc1O. The number of methoxy groups -OCH3 is 1. The molecule has 0 aliphatic heterocycles. The van der Waals surface area contributed by atoms with E-state index in [9.17, 15) is 17.6 Å². The second kappa shape index (κ2) is 4.17. The van der Waals surface area contributed by atoms with Crippen molar-refractivity contribution in [2.45, 2.75) is 12.2 Å². The Balaban J connectivity index is 3.24. The van der Waals surface area contributed by atoms with Crippen LogP contribution in [0, 0.1) is 5.82 Å². The van der Waals surface area contributed by atoms with Crippen LogP contribution in [0.4, 0.5) is 17.6 Å². The van der Waals surface area contributed by atoms with E-state index in [1.165, 1.54) is 0 Å². The van der Waals surface area contributed by atoms with E-state index in [0.717, 1.165) is 13.2 Å². The molecule has 0 aliphatic carbocycles. The zero-order valence-electron chi connectivity index (χ0n) is 8.18. The second-order valence-electron chi connectivity index (χ2n) is 3.06. The average molecular weight is 239 g/mol. The van der Waals surface area contributed by atoms with Gasteiger partial charge in [0.2, 0.25) is 0 Å². The summed E-state index contributed by atoms with van der Waals surface area (Å²) in [5.74, 6) is -2.09. The molecule has 0 radical (unpaired) electrons. The smallest absolute Gasteiger partial charge is 0.407 e. The van der Waals surface area contributed by atoms with Crippen molar-refractivity contribution in [3.05, 3.63) is 23.5 Å². The first-order valence-corrected chi connectivity index (χ1v) is 4.16. The van der Waals surface area contributed by atoms with Gasteiger partial charge in [0.05, 0.1) is 7.11 Å². The number of rotatable bonds is 2. The third kappa shape index (κ3) is 2.35. The maximum absolute atomic E-state index is 13.2. The fourth-order valence-corrected chi connectivity index (χ4v) is 1.14. The zero-order valence-corrected chi connectivity index (χ0v) is 8.18. The van der Waals surface area contributed by atoms with Crippen LogP contribution in [0.3, 0.4) is 0 Å². The van der Waals surface area contributed by atoms with Crippen molar-refractivity contribution in [1.29, 1.82) is 0 Å². The summed E-state index contributed by atoms with van der Waals surface area (Å²) in [4.78, 5) is 0. The number of aromatic hydroxyl groups is 1. The summed E-state index contributed by atoms with van der Waals surface area (Å²) in [7, 11) is 1.13. The molecule has 1 rings (SSSR count). The average Bonchev–Trinajstić information content (AvgIpc) is 2.15. The van der Waals surface area contributed by atoms with Crippen LogP contribution in [-0.4, -0.2) is 18.4 Å². The van der Waals surface area contributed by atoms with Crippen LogP contribution in [0.1, 0.15) is 11.6 Å². The minimum Gasteiger partial charge on any atom is -0.504 e. The van der Waals surface area contributed by atoms with Gasteiger partial charge in [0.15, 0.2) is 11.5 Å². The molecular weight excluding hydrogens is 230 g/mol. The van der Waals surface area contributed by atoms with Gasteiger partial charge in [-0.1, -0.05) is 0 Å². The molecule has 16 heavy (non-hydrogen) atoms. The molecule has 1 aromatic carbocycles. The van der Waals surface area contributed by atoms with Crippen LogP contribution >= 0.6 is 0 Å². The predicted octanol–water partition coefficient (Wildman–Crippen LogP) is 2.10. The Kier molecular flexibility index (Phi) is 3.27. The number of hydrogen-bond acceptors (Lipinski definition) is 3. The van der Waals surface area contributed by atoms with E-state index in [2.05, 4.69) is 4.74 Å². The third-order valence-electron chi connectivity index (χ3n) is 1.99. The molecule has 90 valence electrons. The number of phenols is 1. The topological polar surface area (TPSA) is 55.5 Å². The van der Waals surface area contributed by atoms with Crippen LogP contribution in [0.5, 0.6) is 11.5 Å². The van der Waals surface area contributed by atoms with Crippen LogP contribution in [0.2, 0.25) is 0 Å². The van der Waals surface area contributed by atoms with Crippen LogP contribution < -0.4 is 10.5 Å². The molecule has 3 nitrogen and oxygen atoms in total. The van der Waals surface area contributed by atoms with Gasteiger partial charge in [-0.3, -0.25) is 0 Å². The van der Waals surface area contributed by atoms with Crippen molar-refractivity contribution in [2.24, 2.45) is 5.73 Å². The molecule has 1 aromatic rings. The lowest BCUT2D eigenvalue weighted by Gasteiger charge is -2.17. The van der Waals surface area contributed by atoms with Crippen molar-refractivity contribution in [2.75, 3.05) is 7.11 Å². The molecule has 0 bridgehead atoms. The number of ether oxygens (including phenoxy) is 1. The van der Waals surface area contributed by atoms with E-state index < -0.39 is 29.3 Å². The predicted molar refractivity (Wildman–Crippen MR) is 47.6 cm³/mol. The highest BCUT2D eigenvalue weighted by Crippen LogP contribution is 2.36. The Labute approximate surface area is 88.4 Å². The van der Waals surface area contributed by atoms with E-state index in [1.54, 1.807) is 0 Å². The highest BCUT2D eigenvalue weighted by atomic mass is 19.4. The maximum Gasteiger partial charge on any atom is 0.407 e. The Morgan fingerprint density at radius 2 is 1.94 bits per heavy atom. The minimum absolute atomic E-state index is 0.267. The lowest BCUT2D eigenvalue weighted by molar-refractivity contribution is -0.149. The van der Waals surface area contributed by atoms with Crippen molar-refractivity contribution in [3.8, 4) is 11.5 Å². The fourth-order valence-electron chi connectivity index (χ4n) is 1.14. The Hall–Kier alpha value is -1.50. The van der Waals surface area contributed by atoms with Crippen molar-refractivity contribution in [1.82, 2.24) is 0 Å². The summed E-state index contributed by atoms with van der Waals surface area (Å²) < 4.78 is 54.5. The lowest BCUT2D eigenvalue weighted by Crippen LogP contribution is -2.29. The molecule has 0 aromatic heterocycles. The van der Waals surface area contributed by atoms with E-state index in [1.807, 2.05) is 0 Å². The van der Waals surface area contributed by atoms with Gasteiger partial charge in [-0.05, 0) is 6.07 Å². The van der Waals surface area contributed by atoms with Crippen LogP contribution in [-0.2, 0) is 0 Å². The summed E-state index contributed by atoms with van der Waals surface area (Å²) in [5.41, 5.74) is 4.07. The molecule has 0 amide bonds. The maximum atomic E-state index is 13.2. The number of phenolic OH excluding ortho intramolecular Hbond substituents is 1. The van der Waals surface area contributed by atoms with Crippen molar-refractivity contribution >= 4 is 0 Å². The highest BCUT2D eigenvalue weighted by molar-refractivity contribution is 5.43. The number of benzene rings is 1. The number of nitrogens with two attached hydrogens (primary N) is 1. The molecule has 3 N–H and O–H groups in total. The molecule has 0 fully saturated rings. The summed E-state index contributed by atoms with van der Waals surface area (Å²) in [5, 5.41) is 9.11. The Morgan fingerprint density at radius 1 is 1.38 bits per heavy atom. The van der Waals surface area contributed by atoms with Gasteiger partial charge in [0, 0.05) is 11.6 Å². The van der Waals surface area contributed by atoms with Gasteiger partial charge >= 0.3 is 6.18 Å². The normalized spacial score (nSPS) is 13.6. The fraction of sp³-hybridized carbons (Fsp3) is 0.333. The molecule has 0 aliphatic rings. The summed E-state index contributed by atoms with van der Waals surface area (Å²) in [6, 6.07) is -1.20. The van der Waals surface area contributed by atoms with Gasteiger partial charge in [0.1, 0.15) is 11.9 Å². The van der Waals surface area contributed by atoms with E-state index in [0.29, 0.717) is 6.07 Å². The Morgan fingerprint density at radius 3 is 2.38 bits per heavy atom. The van der Waals surface area contributed by atoms with Gasteiger partial charge in [-0.25, -0.2) is 4.39 Å². The highest BCUT2D eigenvalue weighted by Gasteiger charge is 2.39. The number of halogens is 4. The van der Waals surface area contributed by atoms with Gasteiger partial charge < -0.3 is 15.6 Å². The standard InChI is InChI=1S/C9H9F4NO2/c1-16-7-2-4(5(10)3-6(7)15)8(14)9(11,12)13/h2-3,8,15H,14H2,1H3/t8-/m0/s1. The minimum atomic E-state index is -4.76. The molecule has 1 atom stereocenters. The summed E-state index contributed by atoms with van der Waals surface area (Å²) >= 11 is 0. The largest absolute Gasteiger partial charge is 0.504 e. The number of alkyl halides is 3. The molecule has 0 spiro atoms. The molecule has 0 saturated heterocycles. The van der Waals surface area contributed by atoms with Crippen molar-refractivity contribution < 1.29 is 27.4 Å². The summed E-state index contributed by atoms with van der Waals surface area (Å²) in [6.07, 6.45) is -4.76. The zero-order chi connectivity index (χ0) is 12.5. The third-order valence-corrected chi connectivity index (χ3v) is 1.99. The molecule has 0 unspecified atom stereocenters. The first-order valence-electron chi connectivity index (χ1n) is 4.16. The van der Waals surface area contributed by atoms with Gasteiger partial charge in [0.25, 0.3) is 0 Å². The van der Waals surface area contributed by atoms with Crippen LogP contribution in [0.25, 0.3) is 0 Å². The van der Waals surface area contributed by atoms with Crippen molar-refractivity contribution in [3.63, 3.8) is 0 Å². The van der Waals surface area contributed by atoms with E-state index in [-0.39, 0.29) is 5.75 Å². The quantitative estimate of drug-likeness (QED) is 0.777. The molecule has 0 saturated carbocycles. The van der Waals surface area contributed by atoms with Gasteiger partial charge in [-0.2, -0.15) is 13.2 Å². The van der Waals surface area contributed by atoms with E-state index in [4.69, 9.17) is 10.8 Å². The molecule has 7 heteroatoms. The first-order chi connectivity index (χ1) is 7.27. The van der Waals surface area contributed by atoms with E-state index >= 15 is 0 Å². The monoisotopic (exact) mass is 239 g/mol. The summed E-state index contributed by atoms with van der Waals surface area (Å²) in [6.45, 7) is 0. The van der Waals surface area contributed by atoms with Crippen LogP contribution in [0.15, 0.2) is 12.1 Å². The molecule has 0 heterocycles. The molecular formula is C9H9F4NO2. The first kappa shape index (κ1) is 12.6. The number of hydrogen-bond donors (Lipinski definition) is 2. The second-order valence-corrected chi connectivity index (χ2v) is 3.06.